The molecule has 73 heavy (non-hydrogen) atoms. The molecule has 17 heteroatoms. The lowest BCUT2D eigenvalue weighted by Gasteiger charge is -2.48. The molecule has 8 aliphatic rings. The van der Waals surface area contributed by atoms with E-state index in [9.17, 15) is 19.2 Å². The van der Waals surface area contributed by atoms with E-state index in [1.54, 1.807) is 18.3 Å². The molecule has 4 saturated heterocycles. The van der Waals surface area contributed by atoms with Crippen LogP contribution in [-0.4, -0.2) is 134 Å². The first-order chi connectivity index (χ1) is 35.3. The predicted octanol–water partition coefficient (Wildman–Crippen LogP) is 7.59. The lowest BCUT2D eigenvalue weighted by Crippen LogP contribution is -2.59. The Labute approximate surface area is 427 Å². The zero-order chi connectivity index (χ0) is 50.2. The van der Waals surface area contributed by atoms with Gasteiger partial charge in [0.1, 0.15) is 11.6 Å². The smallest absolute Gasteiger partial charge is 0.328 e. The lowest BCUT2D eigenvalue weighted by molar-refractivity contribution is -0.150. The van der Waals surface area contributed by atoms with Crippen molar-refractivity contribution in [1.29, 1.82) is 0 Å². The Hall–Kier alpha value is -6.10. The van der Waals surface area contributed by atoms with Crippen LogP contribution in [0.5, 0.6) is 5.88 Å². The molecule has 2 N–H and O–H groups in total. The number of amides is 6. The Morgan fingerprint density at radius 1 is 0.808 bits per heavy atom. The number of nitrogens with zero attached hydrogens (tertiary/aromatic N) is 9. The molecular formula is C56H71N11O6. The number of hydrogen-bond acceptors (Lipinski definition) is 11. The summed E-state index contributed by atoms with van der Waals surface area (Å²) >= 11 is 0. The highest BCUT2D eigenvalue weighted by atomic mass is 16.5. The van der Waals surface area contributed by atoms with Gasteiger partial charge in [-0.15, -0.1) is 0 Å². The minimum atomic E-state index is -0.690. The highest BCUT2D eigenvalue weighted by molar-refractivity contribution is 6.10. The molecule has 3 aliphatic carbocycles. The summed E-state index contributed by atoms with van der Waals surface area (Å²) in [7, 11) is 0. The fourth-order valence-electron chi connectivity index (χ4n) is 13.2. The van der Waals surface area contributed by atoms with Gasteiger partial charge in [-0.2, -0.15) is 0 Å². The van der Waals surface area contributed by atoms with E-state index in [0.717, 1.165) is 104 Å². The van der Waals surface area contributed by atoms with Crippen molar-refractivity contribution in [2.75, 3.05) is 60.9 Å². The van der Waals surface area contributed by atoms with Gasteiger partial charge in [0.15, 0.2) is 5.82 Å². The van der Waals surface area contributed by atoms with E-state index in [0.29, 0.717) is 82.1 Å². The second kappa shape index (κ2) is 19.0. The summed E-state index contributed by atoms with van der Waals surface area (Å²) in [5, 5.41) is 6.04. The van der Waals surface area contributed by atoms with Gasteiger partial charge < -0.3 is 34.2 Å². The number of fused-ring (bicyclic) bond motifs is 3. The standard InChI is InChI=1S/C56H71N11O6/c1-35(2)66-34-58-45-32-44(60-50(49(45)66)59-38-10-11-38)37-9-15-43-46(29-37)67(41-30-40(31-41)62-22-5-4-6-23-62)53(71)56(43)20-27-64(28-21-56)52(70)55(3)18-25-63(26-19-55)51(69)36-7-13-42(14-8-36)73-48-16-12-39(33-57-48)65-24-17-47(68)61-54(65)72/h9,12,15-16,29,32-36,38,40-42H,4-8,10-11,13-14,17-28,30-31H2,1-3H3,(H,59,60)(H,61,68,72). The number of likely N-dealkylation sites (tertiary alicyclic amines) is 3. The largest absolute Gasteiger partial charge is 0.474 e. The SMILES string of the molecule is CC(C)n1cnc2cc(-c3ccc4c(c3)N(C3CC(N5CCCCC5)C3)C(=O)C43CCN(C(=O)C4(C)CCN(C(=O)C5CCC(Oc6ccc(N7CCC(=O)NC7=O)cn6)CC5)CC4)CC3)nc(NC3CC3)c21. The maximum Gasteiger partial charge on any atom is 0.328 e. The third-order valence-corrected chi connectivity index (χ3v) is 18.1. The molecular weight excluding hydrogens is 923 g/mol. The monoisotopic (exact) mass is 994 g/mol. The van der Waals surface area contributed by atoms with Crippen molar-refractivity contribution >= 4 is 57.9 Å². The Morgan fingerprint density at radius 3 is 2.23 bits per heavy atom. The van der Waals surface area contributed by atoms with Crippen LogP contribution in [0.15, 0.2) is 48.9 Å². The van der Waals surface area contributed by atoms with E-state index < -0.39 is 16.9 Å². The first-order valence-electron chi connectivity index (χ1n) is 27.5. The van der Waals surface area contributed by atoms with Crippen molar-refractivity contribution in [3.63, 3.8) is 0 Å². The lowest BCUT2D eigenvalue weighted by atomic mass is 9.72. The Balaban J connectivity index is 0.691. The molecule has 12 rings (SSSR count). The maximum atomic E-state index is 15.3. The molecule has 3 aromatic heterocycles. The second-order valence-corrected chi connectivity index (χ2v) is 23.1. The molecule has 7 fully saturated rings. The van der Waals surface area contributed by atoms with E-state index >= 15 is 4.79 Å². The summed E-state index contributed by atoms with van der Waals surface area (Å²) in [5.41, 5.74) is 5.21. The molecule has 0 atom stereocenters. The summed E-state index contributed by atoms with van der Waals surface area (Å²) < 4.78 is 8.40. The number of anilines is 3. The summed E-state index contributed by atoms with van der Waals surface area (Å²) in [6.07, 6.45) is 17.1. The Morgan fingerprint density at radius 2 is 1.55 bits per heavy atom. The third-order valence-electron chi connectivity index (χ3n) is 18.1. The molecule has 0 radical (unpaired) electrons. The van der Waals surface area contributed by atoms with Crippen LogP contribution in [0.25, 0.3) is 22.3 Å². The maximum absolute atomic E-state index is 15.3. The molecule has 1 aromatic carbocycles. The fourth-order valence-corrected chi connectivity index (χ4v) is 13.2. The number of ether oxygens (including phenoxy) is 1. The van der Waals surface area contributed by atoms with Gasteiger partial charge in [-0.3, -0.25) is 29.4 Å². The normalized spacial score (nSPS) is 26.3. The van der Waals surface area contributed by atoms with E-state index in [1.807, 2.05) is 16.1 Å². The minimum absolute atomic E-state index is 0.0604. The van der Waals surface area contributed by atoms with E-state index in [4.69, 9.17) is 14.7 Å². The van der Waals surface area contributed by atoms with Crippen LogP contribution in [0, 0.1) is 11.3 Å². The number of benzene rings is 1. The number of aromatic nitrogens is 4. The average molecular weight is 994 g/mol. The van der Waals surface area contributed by atoms with Crippen LogP contribution < -0.4 is 25.2 Å². The quantitative estimate of drug-likeness (QED) is 0.151. The van der Waals surface area contributed by atoms with Crippen LogP contribution in [0.1, 0.15) is 135 Å². The van der Waals surface area contributed by atoms with Gasteiger partial charge >= 0.3 is 6.03 Å². The molecule has 17 nitrogen and oxygen atoms in total. The van der Waals surface area contributed by atoms with Crippen LogP contribution in [-0.2, 0) is 24.6 Å². The summed E-state index contributed by atoms with van der Waals surface area (Å²) in [6.45, 7) is 11.2. The topological polar surface area (TPSA) is 178 Å². The molecule has 0 unspecified atom stereocenters. The number of carbonyl (C=O) groups is 5. The van der Waals surface area contributed by atoms with Gasteiger partial charge in [-0.1, -0.05) is 25.5 Å². The van der Waals surface area contributed by atoms with E-state index in [-0.39, 0.29) is 54.2 Å². The average Bonchev–Trinajstić information content (AvgIpc) is 4.06. The number of piperidine rings is 3. The number of nitrogens with one attached hydrogen (secondary N) is 2. The van der Waals surface area contributed by atoms with Gasteiger partial charge in [0.25, 0.3) is 0 Å². The number of rotatable bonds is 11. The second-order valence-electron chi connectivity index (χ2n) is 23.1. The molecule has 3 saturated carbocycles. The summed E-state index contributed by atoms with van der Waals surface area (Å²) in [6, 6.07) is 13.1. The van der Waals surface area contributed by atoms with Crippen LogP contribution >= 0.6 is 0 Å². The predicted molar refractivity (Wildman–Crippen MR) is 277 cm³/mol. The molecule has 386 valence electrons. The molecule has 5 aliphatic heterocycles. The molecule has 8 heterocycles. The van der Waals surface area contributed by atoms with Crippen molar-refractivity contribution < 1.29 is 28.7 Å². The highest BCUT2D eigenvalue weighted by Gasteiger charge is 2.56. The van der Waals surface area contributed by atoms with E-state index in [1.165, 1.54) is 24.2 Å². The summed E-state index contributed by atoms with van der Waals surface area (Å²) in [4.78, 5) is 92.4. The van der Waals surface area contributed by atoms with E-state index in [2.05, 4.69) is 75.0 Å². The van der Waals surface area contributed by atoms with Gasteiger partial charge in [-0.25, -0.2) is 19.7 Å². The number of urea groups is 1. The zero-order valence-electron chi connectivity index (χ0n) is 42.8. The third kappa shape index (κ3) is 8.90. The zero-order valence-corrected chi connectivity index (χ0v) is 42.8. The number of imidazole rings is 1. The first kappa shape index (κ1) is 47.9. The number of hydrogen-bond donors (Lipinski definition) is 2. The molecule has 6 amide bonds. The highest BCUT2D eigenvalue weighted by Crippen LogP contribution is 2.53. The summed E-state index contributed by atoms with van der Waals surface area (Å²) in [5.74, 6) is 1.48. The molecule has 4 aromatic rings. The molecule has 1 spiro atoms. The van der Waals surface area contributed by atoms with Crippen molar-refractivity contribution in [2.24, 2.45) is 11.3 Å². The minimum Gasteiger partial charge on any atom is -0.474 e. The van der Waals surface area contributed by atoms with Gasteiger partial charge in [-0.05, 0) is 141 Å². The van der Waals surface area contributed by atoms with Gasteiger partial charge in [0.05, 0.1) is 34.8 Å². The Bertz CT molecular complexity index is 2790. The fraction of sp³-hybridized carbons (Fsp3) is 0.607. The first-order valence-corrected chi connectivity index (χ1v) is 27.5. The number of imide groups is 1. The van der Waals surface area contributed by atoms with Gasteiger partial charge in [0, 0.05) is 92.0 Å². The van der Waals surface area contributed by atoms with Crippen molar-refractivity contribution in [2.45, 2.75) is 159 Å². The van der Waals surface area contributed by atoms with Crippen LogP contribution in [0.2, 0.25) is 0 Å². The van der Waals surface area contributed by atoms with Crippen LogP contribution in [0.4, 0.5) is 22.0 Å². The van der Waals surface area contributed by atoms with Crippen molar-refractivity contribution in [1.82, 2.24) is 39.5 Å². The Kier molecular flexibility index (Phi) is 12.5. The molecule has 0 bridgehead atoms. The van der Waals surface area contributed by atoms with Crippen LogP contribution in [0.3, 0.4) is 0 Å². The number of carbonyl (C=O) groups excluding carboxylic acids is 5. The van der Waals surface area contributed by atoms with Gasteiger partial charge in [0.2, 0.25) is 29.5 Å². The number of pyridine rings is 2. The van der Waals surface area contributed by atoms with Crippen molar-refractivity contribution in [3.05, 3.63) is 54.5 Å². The van der Waals surface area contributed by atoms with Crippen molar-refractivity contribution in [3.8, 4) is 17.1 Å².